The first-order valence-electron chi connectivity index (χ1n) is 8.73. The van der Waals surface area contributed by atoms with Gasteiger partial charge in [0.1, 0.15) is 0 Å². The Morgan fingerprint density at radius 1 is 1.15 bits per heavy atom. The van der Waals surface area contributed by atoms with Crippen LogP contribution in [0.15, 0.2) is 41.8 Å². The van der Waals surface area contributed by atoms with Gasteiger partial charge in [-0.1, -0.05) is 31.2 Å². The van der Waals surface area contributed by atoms with E-state index in [0.29, 0.717) is 24.8 Å². The fourth-order valence-corrected chi connectivity index (χ4v) is 3.69. The molecule has 0 N–H and O–H groups in total. The van der Waals surface area contributed by atoms with E-state index in [2.05, 4.69) is 4.98 Å². The lowest BCUT2D eigenvalue weighted by Crippen LogP contribution is -2.13. The van der Waals surface area contributed by atoms with Crippen molar-refractivity contribution in [2.24, 2.45) is 0 Å². The number of hydrogen-bond donors (Lipinski definition) is 0. The zero-order valence-corrected chi connectivity index (χ0v) is 15.8. The van der Waals surface area contributed by atoms with Crippen molar-refractivity contribution in [1.29, 1.82) is 0 Å². The van der Waals surface area contributed by atoms with Crippen LogP contribution >= 0.6 is 11.3 Å². The highest BCUT2D eigenvalue weighted by atomic mass is 32.1. The number of ether oxygens (including phenoxy) is 1. The largest absolute Gasteiger partial charge is 0.462 e. The molecule has 0 bridgehead atoms. The molecule has 0 spiro atoms. The van der Waals surface area contributed by atoms with Crippen LogP contribution in [-0.4, -0.2) is 23.3 Å². The van der Waals surface area contributed by atoms with Gasteiger partial charge in [-0.05, 0) is 42.8 Å². The number of rotatable bonds is 7. The van der Waals surface area contributed by atoms with Crippen molar-refractivity contribution >= 4 is 34.0 Å². The van der Waals surface area contributed by atoms with E-state index in [9.17, 15) is 9.59 Å². The second kappa shape index (κ2) is 8.23. The molecule has 0 saturated heterocycles. The third-order valence-corrected chi connectivity index (χ3v) is 5.25. The second-order valence-corrected chi connectivity index (χ2v) is 7.02. The molecule has 0 aliphatic heterocycles. The van der Waals surface area contributed by atoms with Gasteiger partial charge in [0.05, 0.1) is 28.3 Å². The first-order valence-corrected chi connectivity index (χ1v) is 9.61. The first kappa shape index (κ1) is 18.3. The summed E-state index contributed by atoms with van der Waals surface area (Å²) in [6.07, 6.45) is 1.56. The summed E-state index contributed by atoms with van der Waals surface area (Å²) in [5.74, 6) is -0.268. The van der Waals surface area contributed by atoms with E-state index in [-0.39, 0.29) is 18.4 Å². The smallest absolute Gasteiger partial charge is 0.340 e. The third kappa shape index (κ3) is 3.83. The molecule has 0 unspecified atom stereocenters. The van der Waals surface area contributed by atoms with E-state index >= 15 is 0 Å². The number of Topliss-reactive ketones (excluding diaryl/α,β-unsaturated/α-hetero) is 1. The van der Waals surface area contributed by atoms with Gasteiger partial charge < -0.3 is 4.74 Å². The van der Waals surface area contributed by atoms with Crippen LogP contribution in [0.3, 0.4) is 0 Å². The maximum atomic E-state index is 12.6. The summed E-state index contributed by atoms with van der Waals surface area (Å²) in [6.45, 7) is 4.14. The number of hydrogen-bond acceptors (Lipinski definition) is 5. The Balaban J connectivity index is 1.67. The summed E-state index contributed by atoms with van der Waals surface area (Å²) in [5.41, 5.74) is 3.09. The van der Waals surface area contributed by atoms with Crippen molar-refractivity contribution in [1.82, 2.24) is 4.98 Å². The van der Waals surface area contributed by atoms with Crippen LogP contribution in [0.25, 0.3) is 10.9 Å². The minimum Gasteiger partial charge on any atom is -0.462 e. The third-order valence-electron chi connectivity index (χ3n) is 4.34. The van der Waals surface area contributed by atoms with Crippen molar-refractivity contribution < 1.29 is 14.3 Å². The number of fused-ring (bicyclic) bond motifs is 1. The predicted molar refractivity (Wildman–Crippen MR) is 104 cm³/mol. The fourth-order valence-electron chi connectivity index (χ4n) is 3.00. The molecule has 0 aliphatic rings. The number of carbonyl (C=O) groups excluding carboxylic acids is 2. The molecule has 26 heavy (non-hydrogen) atoms. The number of nitrogens with zero attached hydrogens (tertiary/aromatic N) is 1. The van der Waals surface area contributed by atoms with Crippen LogP contribution in [-0.2, 0) is 11.2 Å². The molecular weight excluding hydrogens is 346 g/mol. The van der Waals surface area contributed by atoms with Gasteiger partial charge in [0.15, 0.2) is 5.78 Å². The molecule has 134 valence electrons. The summed E-state index contributed by atoms with van der Waals surface area (Å²) in [4.78, 5) is 30.0. The van der Waals surface area contributed by atoms with E-state index in [1.54, 1.807) is 0 Å². The highest BCUT2D eigenvalue weighted by molar-refractivity contribution is 7.12. The normalized spacial score (nSPS) is 10.8. The standard InChI is InChI=1S/C21H21NO3S/c1-3-16-20(14(2)15-8-4-5-9-17(15)22-16)21(24)25-12-6-10-18(23)19-11-7-13-26-19/h4-5,7-9,11,13H,3,6,10,12H2,1-2H3. The molecule has 3 aromatic rings. The molecular formula is C21H21NO3S. The van der Waals surface area contributed by atoms with E-state index in [4.69, 9.17) is 4.74 Å². The summed E-state index contributed by atoms with van der Waals surface area (Å²) < 4.78 is 5.44. The van der Waals surface area contributed by atoms with Crippen LogP contribution < -0.4 is 0 Å². The van der Waals surface area contributed by atoms with Crippen molar-refractivity contribution in [3.05, 3.63) is 63.5 Å². The molecule has 0 aliphatic carbocycles. The summed E-state index contributed by atoms with van der Waals surface area (Å²) in [7, 11) is 0. The molecule has 0 amide bonds. The molecule has 0 fully saturated rings. The number of aromatic nitrogens is 1. The SMILES string of the molecule is CCc1nc2ccccc2c(C)c1C(=O)OCCCC(=O)c1cccs1. The Hall–Kier alpha value is -2.53. The summed E-state index contributed by atoms with van der Waals surface area (Å²) >= 11 is 1.43. The summed E-state index contributed by atoms with van der Waals surface area (Å²) in [6, 6.07) is 11.5. The van der Waals surface area contributed by atoms with E-state index < -0.39 is 0 Å². The number of esters is 1. The fraction of sp³-hybridized carbons (Fsp3) is 0.286. The molecule has 0 saturated carbocycles. The van der Waals surface area contributed by atoms with E-state index in [1.807, 2.05) is 55.6 Å². The predicted octanol–water partition coefficient (Wildman–Crippen LogP) is 4.99. The number of benzene rings is 1. The van der Waals surface area contributed by atoms with Crippen molar-refractivity contribution in [3.8, 4) is 0 Å². The van der Waals surface area contributed by atoms with Gasteiger partial charge in [-0.2, -0.15) is 0 Å². The number of ketones is 1. The van der Waals surface area contributed by atoms with Gasteiger partial charge in [0.2, 0.25) is 0 Å². The Morgan fingerprint density at radius 3 is 2.69 bits per heavy atom. The summed E-state index contributed by atoms with van der Waals surface area (Å²) in [5, 5.41) is 2.85. The van der Waals surface area contributed by atoms with Gasteiger partial charge in [-0.3, -0.25) is 9.78 Å². The lowest BCUT2D eigenvalue weighted by Gasteiger charge is -2.13. The Kier molecular flexibility index (Phi) is 5.78. The number of pyridine rings is 1. The second-order valence-electron chi connectivity index (χ2n) is 6.07. The van der Waals surface area contributed by atoms with Crippen molar-refractivity contribution in [2.75, 3.05) is 6.61 Å². The van der Waals surface area contributed by atoms with E-state index in [1.165, 1.54) is 11.3 Å². The van der Waals surface area contributed by atoms with Crippen molar-refractivity contribution in [2.45, 2.75) is 33.1 Å². The van der Waals surface area contributed by atoms with Gasteiger partial charge >= 0.3 is 5.97 Å². The van der Waals surface area contributed by atoms with E-state index in [0.717, 1.165) is 27.0 Å². The van der Waals surface area contributed by atoms with Crippen LogP contribution in [0.2, 0.25) is 0 Å². The van der Waals surface area contributed by atoms with Crippen LogP contribution in [0.5, 0.6) is 0 Å². The molecule has 0 radical (unpaired) electrons. The molecule has 3 rings (SSSR count). The van der Waals surface area contributed by atoms with Crippen LogP contribution in [0, 0.1) is 6.92 Å². The molecule has 4 nitrogen and oxygen atoms in total. The number of para-hydroxylation sites is 1. The quantitative estimate of drug-likeness (QED) is 0.335. The minimum absolute atomic E-state index is 0.0915. The molecule has 5 heteroatoms. The number of carbonyl (C=O) groups is 2. The lowest BCUT2D eigenvalue weighted by molar-refractivity contribution is 0.0492. The Bertz CT molecular complexity index is 932. The van der Waals surface area contributed by atoms with Crippen LogP contribution in [0.1, 0.15) is 51.1 Å². The van der Waals surface area contributed by atoms with Crippen LogP contribution in [0.4, 0.5) is 0 Å². The molecule has 2 heterocycles. The van der Waals surface area contributed by atoms with Gasteiger partial charge in [0, 0.05) is 11.8 Å². The molecule has 1 aromatic carbocycles. The Morgan fingerprint density at radius 2 is 1.96 bits per heavy atom. The Labute approximate surface area is 156 Å². The van der Waals surface area contributed by atoms with Gasteiger partial charge in [-0.15, -0.1) is 11.3 Å². The average molecular weight is 367 g/mol. The van der Waals surface area contributed by atoms with Gasteiger partial charge in [-0.25, -0.2) is 4.79 Å². The first-order chi connectivity index (χ1) is 12.6. The topological polar surface area (TPSA) is 56.3 Å². The zero-order chi connectivity index (χ0) is 18.5. The zero-order valence-electron chi connectivity index (χ0n) is 15.0. The molecule has 0 atom stereocenters. The number of thiophene rings is 1. The minimum atomic E-state index is -0.360. The highest BCUT2D eigenvalue weighted by Gasteiger charge is 2.19. The maximum Gasteiger partial charge on any atom is 0.340 e. The monoisotopic (exact) mass is 367 g/mol. The highest BCUT2D eigenvalue weighted by Crippen LogP contribution is 2.24. The lowest BCUT2D eigenvalue weighted by atomic mass is 10.0. The van der Waals surface area contributed by atoms with Gasteiger partial charge in [0.25, 0.3) is 0 Å². The van der Waals surface area contributed by atoms with Crippen molar-refractivity contribution in [3.63, 3.8) is 0 Å². The number of aryl methyl sites for hydroxylation is 2. The maximum absolute atomic E-state index is 12.6. The average Bonchev–Trinajstić information content (AvgIpc) is 3.19. The molecule has 2 aromatic heterocycles.